The van der Waals surface area contributed by atoms with Gasteiger partial charge in [-0.3, -0.25) is 0 Å². The topological polar surface area (TPSA) is 63.7 Å². The number of pyridine rings is 1. The van der Waals surface area contributed by atoms with Crippen LogP contribution in [0.5, 0.6) is 5.88 Å². The Morgan fingerprint density at radius 1 is 1.29 bits per heavy atom. The molecule has 2 aliphatic rings. The minimum absolute atomic E-state index is 0.208. The number of amides is 1. The number of anilines is 1. The van der Waals surface area contributed by atoms with Crippen LogP contribution < -0.4 is 15.0 Å². The number of nitrogens with zero attached hydrogens (tertiary/aromatic N) is 2. The number of fused-ring (bicyclic) bond motifs is 2. The van der Waals surface area contributed by atoms with Crippen molar-refractivity contribution in [3.05, 3.63) is 18.3 Å². The monoisotopic (exact) mass is 333 g/mol. The first-order valence-corrected chi connectivity index (χ1v) is 8.60. The highest BCUT2D eigenvalue weighted by molar-refractivity contribution is 5.68. The molecule has 1 amide bonds. The van der Waals surface area contributed by atoms with Gasteiger partial charge < -0.3 is 19.7 Å². The highest BCUT2D eigenvalue weighted by atomic mass is 16.6. The highest BCUT2D eigenvalue weighted by Crippen LogP contribution is 2.39. The largest absolute Gasteiger partial charge is 0.481 e. The van der Waals surface area contributed by atoms with Crippen molar-refractivity contribution in [1.82, 2.24) is 10.3 Å². The summed E-state index contributed by atoms with van der Waals surface area (Å²) in [6, 6.07) is 4.20. The van der Waals surface area contributed by atoms with Crippen LogP contribution in [0, 0.1) is 11.8 Å². The lowest BCUT2D eigenvalue weighted by Gasteiger charge is -2.39. The van der Waals surface area contributed by atoms with Crippen LogP contribution in [-0.2, 0) is 4.74 Å². The lowest BCUT2D eigenvalue weighted by atomic mass is 9.92. The Morgan fingerprint density at radius 3 is 2.54 bits per heavy atom. The smallest absolute Gasteiger partial charge is 0.407 e. The van der Waals surface area contributed by atoms with Crippen LogP contribution in [0.25, 0.3) is 0 Å². The SMILES string of the molecule is COc1cc(N2C[C@H]3CC[C@@H](C2)C3NC(=O)OC(C)(C)C)ccn1. The van der Waals surface area contributed by atoms with Crippen LogP contribution in [0.1, 0.15) is 33.6 Å². The molecule has 132 valence electrons. The molecular weight excluding hydrogens is 306 g/mol. The second-order valence-electron chi connectivity index (χ2n) is 7.73. The van der Waals surface area contributed by atoms with Crippen molar-refractivity contribution < 1.29 is 14.3 Å². The van der Waals surface area contributed by atoms with E-state index in [1.165, 1.54) is 0 Å². The Balaban J connectivity index is 1.65. The Morgan fingerprint density at radius 2 is 1.96 bits per heavy atom. The lowest BCUT2D eigenvalue weighted by molar-refractivity contribution is 0.0472. The molecular formula is C18H27N3O3. The first-order valence-electron chi connectivity index (χ1n) is 8.60. The van der Waals surface area contributed by atoms with Gasteiger partial charge in [0.1, 0.15) is 5.60 Å². The molecule has 1 aromatic heterocycles. The average molecular weight is 333 g/mol. The molecule has 6 heteroatoms. The predicted octanol–water partition coefficient (Wildman–Crippen LogP) is 2.83. The number of ether oxygens (including phenoxy) is 2. The molecule has 0 aromatic carbocycles. The maximum atomic E-state index is 12.1. The molecule has 1 aromatic rings. The van der Waals surface area contributed by atoms with Crippen LogP contribution in [0.15, 0.2) is 18.3 Å². The van der Waals surface area contributed by atoms with E-state index in [4.69, 9.17) is 9.47 Å². The summed E-state index contributed by atoms with van der Waals surface area (Å²) in [5.41, 5.74) is 0.673. The average Bonchev–Trinajstić information content (AvgIpc) is 2.75. The molecule has 1 aliphatic heterocycles. The van der Waals surface area contributed by atoms with Crippen molar-refractivity contribution in [2.24, 2.45) is 11.8 Å². The zero-order valence-corrected chi connectivity index (χ0v) is 14.9. The van der Waals surface area contributed by atoms with E-state index in [1.54, 1.807) is 13.3 Å². The van der Waals surface area contributed by atoms with E-state index in [2.05, 4.69) is 15.2 Å². The first-order chi connectivity index (χ1) is 11.4. The molecule has 1 N–H and O–H groups in total. The molecule has 1 unspecified atom stereocenters. The zero-order valence-electron chi connectivity index (χ0n) is 14.9. The van der Waals surface area contributed by atoms with Gasteiger partial charge in [0.25, 0.3) is 0 Å². The molecule has 3 atom stereocenters. The van der Waals surface area contributed by atoms with Gasteiger partial charge in [-0.1, -0.05) is 0 Å². The maximum absolute atomic E-state index is 12.1. The van der Waals surface area contributed by atoms with Crippen molar-refractivity contribution in [3.8, 4) is 5.88 Å². The van der Waals surface area contributed by atoms with Crippen molar-refractivity contribution in [2.45, 2.75) is 45.3 Å². The van der Waals surface area contributed by atoms with E-state index in [9.17, 15) is 4.79 Å². The fourth-order valence-electron chi connectivity index (χ4n) is 3.82. The molecule has 1 aliphatic carbocycles. The van der Waals surface area contributed by atoms with Crippen LogP contribution >= 0.6 is 0 Å². The van der Waals surface area contributed by atoms with E-state index in [0.29, 0.717) is 17.7 Å². The number of nitrogens with one attached hydrogen (secondary N) is 1. The summed E-state index contributed by atoms with van der Waals surface area (Å²) in [5.74, 6) is 1.54. The fraction of sp³-hybridized carbons (Fsp3) is 0.667. The van der Waals surface area contributed by atoms with Crippen molar-refractivity contribution in [1.29, 1.82) is 0 Å². The third kappa shape index (κ3) is 3.74. The van der Waals surface area contributed by atoms with Crippen molar-refractivity contribution >= 4 is 11.8 Å². The second-order valence-corrected chi connectivity index (χ2v) is 7.73. The predicted molar refractivity (Wildman–Crippen MR) is 92.4 cm³/mol. The number of rotatable bonds is 3. The van der Waals surface area contributed by atoms with Gasteiger partial charge in [0.15, 0.2) is 0 Å². The summed E-state index contributed by atoms with van der Waals surface area (Å²) in [6.07, 6.45) is 3.76. The van der Waals surface area contributed by atoms with Crippen LogP contribution in [0.2, 0.25) is 0 Å². The molecule has 2 heterocycles. The first kappa shape index (κ1) is 16.9. The van der Waals surface area contributed by atoms with Crippen LogP contribution in [-0.4, -0.2) is 42.9 Å². The van der Waals surface area contributed by atoms with Crippen LogP contribution in [0.4, 0.5) is 10.5 Å². The minimum atomic E-state index is -0.461. The number of methoxy groups -OCH3 is 1. The fourth-order valence-corrected chi connectivity index (χ4v) is 3.82. The number of hydrogen-bond acceptors (Lipinski definition) is 5. The third-order valence-corrected chi connectivity index (χ3v) is 4.81. The van der Waals surface area contributed by atoms with Crippen LogP contribution in [0.3, 0.4) is 0 Å². The molecule has 24 heavy (non-hydrogen) atoms. The number of aromatic nitrogens is 1. The normalized spacial score (nSPS) is 26.2. The van der Waals surface area contributed by atoms with Crippen molar-refractivity contribution in [3.63, 3.8) is 0 Å². The summed E-state index contributed by atoms with van der Waals surface area (Å²) < 4.78 is 10.6. The lowest BCUT2D eigenvalue weighted by Crippen LogP contribution is -2.53. The molecule has 1 saturated heterocycles. The van der Waals surface area contributed by atoms with E-state index in [0.717, 1.165) is 31.6 Å². The number of carbonyl (C=O) groups is 1. The van der Waals surface area contributed by atoms with Gasteiger partial charge in [-0.05, 0) is 51.5 Å². The molecule has 2 fully saturated rings. The third-order valence-electron chi connectivity index (χ3n) is 4.81. The Labute approximate surface area is 143 Å². The minimum Gasteiger partial charge on any atom is -0.481 e. The van der Waals surface area contributed by atoms with Gasteiger partial charge in [0.2, 0.25) is 5.88 Å². The highest BCUT2D eigenvalue weighted by Gasteiger charge is 2.43. The summed E-state index contributed by atoms with van der Waals surface area (Å²) >= 11 is 0. The Hall–Kier alpha value is -1.98. The Kier molecular flexibility index (Phi) is 4.56. The number of piperidine rings is 1. The van der Waals surface area contributed by atoms with E-state index in [1.807, 2.05) is 32.9 Å². The molecule has 0 radical (unpaired) electrons. The van der Waals surface area contributed by atoms with Gasteiger partial charge in [0, 0.05) is 37.1 Å². The summed E-state index contributed by atoms with van der Waals surface area (Å²) in [4.78, 5) is 18.7. The van der Waals surface area contributed by atoms with Gasteiger partial charge in [-0.25, -0.2) is 9.78 Å². The Bertz CT molecular complexity index is 585. The molecule has 1 saturated carbocycles. The molecule has 2 bridgehead atoms. The van der Waals surface area contributed by atoms with E-state index >= 15 is 0 Å². The summed E-state index contributed by atoms with van der Waals surface area (Å²) in [6.45, 7) is 7.54. The van der Waals surface area contributed by atoms with Gasteiger partial charge in [-0.15, -0.1) is 0 Å². The van der Waals surface area contributed by atoms with Crippen molar-refractivity contribution in [2.75, 3.05) is 25.1 Å². The number of hydrogen-bond donors (Lipinski definition) is 1. The molecule has 0 spiro atoms. The zero-order chi connectivity index (χ0) is 17.3. The van der Waals surface area contributed by atoms with E-state index in [-0.39, 0.29) is 12.1 Å². The second kappa shape index (κ2) is 6.49. The molecule has 6 nitrogen and oxygen atoms in total. The standard InChI is InChI=1S/C18H27N3O3/c1-18(2,3)24-17(22)20-16-12-5-6-13(16)11-21(10-12)14-7-8-19-15(9-14)23-4/h7-9,12-13,16H,5-6,10-11H2,1-4H3,(H,20,22)/t12-,13+,16?. The summed E-state index contributed by atoms with van der Waals surface area (Å²) in [7, 11) is 1.63. The maximum Gasteiger partial charge on any atom is 0.407 e. The quantitative estimate of drug-likeness (QED) is 0.921. The van der Waals surface area contributed by atoms with Gasteiger partial charge >= 0.3 is 6.09 Å². The van der Waals surface area contributed by atoms with E-state index < -0.39 is 5.60 Å². The van der Waals surface area contributed by atoms with Gasteiger partial charge in [0.05, 0.1) is 7.11 Å². The number of carbonyl (C=O) groups excluding carboxylic acids is 1. The van der Waals surface area contributed by atoms with Gasteiger partial charge in [-0.2, -0.15) is 0 Å². The molecule has 3 rings (SSSR count). The summed E-state index contributed by atoms with van der Waals surface area (Å²) in [5, 5.41) is 3.11. The number of alkyl carbamates (subject to hydrolysis) is 1.